The highest BCUT2D eigenvalue weighted by molar-refractivity contribution is 5.79. The molecule has 25 heavy (non-hydrogen) atoms. The second-order valence-corrected chi connectivity index (χ2v) is 6.18. The summed E-state index contributed by atoms with van der Waals surface area (Å²) in [6.07, 6.45) is 4.20. The van der Waals surface area contributed by atoms with E-state index >= 15 is 0 Å². The lowest BCUT2D eigenvalue weighted by molar-refractivity contribution is -0.132. The zero-order chi connectivity index (χ0) is 17.8. The van der Waals surface area contributed by atoms with Gasteiger partial charge in [0.25, 0.3) is 0 Å². The highest BCUT2D eigenvalue weighted by Gasteiger charge is 2.26. The van der Waals surface area contributed by atoms with Crippen LogP contribution in [0.3, 0.4) is 0 Å². The molecule has 1 aliphatic heterocycles. The molecule has 1 aromatic heterocycles. The predicted molar refractivity (Wildman–Crippen MR) is 92.4 cm³/mol. The van der Waals surface area contributed by atoms with Crippen molar-refractivity contribution in [3.8, 4) is 0 Å². The largest absolute Gasteiger partial charge is 0.352 e. The minimum Gasteiger partial charge on any atom is -0.352 e. The molecule has 1 atom stereocenters. The van der Waals surface area contributed by atoms with Gasteiger partial charge in [0.05, 0.1) is 24.7 Å². The van der Waals surface area contributed by atoms with E-state index in [1.54, 1.807) is 11.1 Å². The van der Waals surface area contributed by atoms with Gasteiger partial charge >= 0.3 is 6.03 Å². The Hall–Kier alpha value is -2.96. The van der Waals surface area contributed by atoms with Crippen molar-refractivity contribution in [3.63, 3.8) is 0 Å². The summed E-state index contributed by atoms with van der Waals surface area (Å²) in [7, 11) is 0. The molecule has 130 valence electrons. The number of hydrogen-bond acceptors (Lipinski definition) is 4. The first-order valence-electron chi connectivity index (χ1n) is 8.21. The van der Waals surface area contributed by atoms with Crippen molar-refractivity contribution in [2.24, 2.45) is 5.73 Å². The number of carbonyl (C=O) groups excluding carboxylic acids is 2. The molecule has 3 amide bonds. The molecule has 2 heterocycles. The maximum Gasteiger partial charge on any atom is 0.312 e. The third-order valence-electron chi connectivity index (χ3n) is 4.48. The van der Waals surface area contributed by atoms with Gasteiger partial charge in [0.15, 0.2) is 0 Å². The summed E-state index contributed by atoms with van der Waals surface area (Å²) in [4.78, 5) is 34.2. The SMILES string of the molecule is Cc1ccccc1[C@H](CC(=O)N1CCc2cncnc2C1)NC(N)=O. The average Bonchev–Trinajstić information content (AvgIpc) is 2.60. The monoisotopic (exact) mass is 339 g/mol. The van der Waals surface area contributed by atoms with E-state index in [1.165, 1.54) is 6.33 Å². The van der Waals surface area contributed by atoms with E-state index in [0.717, 1.165) is 28.8 Å². The van der Waals surface area contributed by atoms with E-state index < -0.39 is 12.1 Å². The van der Waals surface area contributed by atoms with Crippen molar-refractivity contribution in [2.45, 2.75) is 32.4 Å². The highest BCUT2D eigenvalue weighted by Crippen LogP contribution is 2.23. The maximum atomic E-state index is 12.8. The Balaban J connectivity index is 1.75. The Bertz CT molecular complexity index is 793. The molecule has 2 aromatic rings. The lowest BCUT2D eigenvalue weighted by atomic mass is 9.97. The predicted octanol–water partition coefficient (Wildman–Crippen LogP) is 1.47. The zero-order valence-corrected chi connectivity index (χ0v) is 14.1. The molecule has 1 aromatic carbocycles. The van der Waals surface area contributed by atoms with Gasteiger partial charge in [0, 0.05) is 12.7 Å². The number of urea groups is 1. The van der Waals surface area contributed by atoms with E-state index in [-0.39, 0.29) is 12.3 Å². The summed E-state index contributed by atoms with van der Waals surface area (Å²) < 4.78 is 0. The van der Waals surface area contributed by atoms with Gasteiger partial charge in [0.2, 0.25) is 5.91 Å². The molecule has 0 bridgehead atoms. The molecule has 0 unspecified atom stereocenters. The lowest BCUT2D eigenvalue weighted by Crippen LogP contribution is -2.40. The lowest BCUT2D eigenvalue weighted by Gasteiger charge is -2.29. The van der Waals surface area contributed by atoms with Gasteiger partial charge in [0.1, 0.15) is 6.33 Å². The summed E-state index contributed by atoms with van der Waals surface area (Å²) in [6.45, 7) is 3.04. The van der Waals surface area contributed by atoms with Crippen LogP contribution in [0.4, 0.5) is 4.79 Å². The fourth-order valence-electron chi connectivity index (χ4n) is 3.16. The van der Waals surface area contributed by atoms with Gasteiger partial charge in [-0.1, -0.05) is 24.3 Å². The third kappa shape index (κ3) is 3.93. The second kappa shape index (κ2) is 7.29. The van der Waals surface area contributed by atoms with Crippen molar-refractivity contribution in [2.75, 3.05) is 6.54 Å². The number of primary amides is 1. The smallest absolute Gasteiger partial charge is 0.312 e. The van der Waals surface area contributed by atoms with E-state index in [4.69, 9.17) is 5.73 Å². The van der Waals surface area contributed by atoms with Crippen molar-refractivity contribution >= 4 is 11.9 Å². The molecule has 0 saturated carbocycles. The average molecular weight is 339 g/mol. The van der Waals surface area contributed by atoms with Gasteiger partial charge in [-0.15, -0.1) is 0 Å². The Morgan fingerprint density at radius 1 is 1.36 bits per heavy atom. The van der Waals surface area contributed by atoms with Crippen LogP contribution in [0.1, 0.15) is 34.8 Å². The van der Waals surface area contributed by atoms with Crippen molar-refractivity contribution in [3.05, 3.63) is 59.2 Å². The van der Waals surface area contributed by atoms with Crippen LogP contribution in [0.15, 0.2) is 36.8 Å². The number of carbonyl (C=O) groups is 2. The van der Waals surface area contributed by atoms with Gasteiger partial charge in [-0.05, 0) is 30.0 Å². The van der Waals surface area contributed by atoms with Gasteiger partial charge < -0.3 is 16.0 Å². The van der Waals surface area contributed by atoms with Crippen molar-refractivity contribution in [1.29, 1.82) is 0 Å². The first-order valence-corrected chi connectivity index (χ1v) is 8.21. The normalized spacial score (nSPS) is 14.5. The number of fused-ring (bicyclic) bond motifs is 1. The maximum absolute atomic E-state index is 12.8. The van der Waals surface area contributed by atoms with Gasteiger partial charge in [-0.2, -0.15) is 0 Å². The summed E-state index contributed by atoms with van der Waals surface area (Å²) in [5.74, 6) is -0.0359. The van der Waals surface area contributed by atoms with Gasteiger partial charge in [-0.3, -0.25) is 4.79 Å². The number of rotatable bonds is 4. The number of amides is 3. The molecule has 3 N–H and O–H groups in total. The van der Waals surface area contributed by atoms with Gasteiger partial charge in [-0.25, -0.2) is 14.8 Å². The minimum atomic E-state index is -0.641. The number of nitrogens with zero attached hydrogens (tertiary/aromatic N) is 3. The van der Waals surface area contributed by atoms with Crippen LogP contribution in [-0.4, -0.2) is 33.4 Å². The van der Waals surface area contributed by atoms with Crippen molar-refractivity contribution in [1.82, 2.24) is 20.2 Å². The van der Waals surface area contributed by atoms with E-state index in [2.05, 4.69) is 15.3 Å². The molecule has 7 nitrogen and oxygen atoms in total. The van der Waals surface area contributed by atoms with Crippen LogP contribution >= 0.6 is 0 Å². The summed E-state index contributed by atoms with van der Waals surface area (Å²) in [5, 5.41) is 2.69. The topological polar surface area (TPSA) is 101 Å². The highest BCUT2D eigenvalue weighted by atomic mass is 16.2. The number of hydrogen-bond donors (Lipinski definition) is 2. The Morgan fingerprint density at radius 2 is 2.16 bits per heavy atom. The minimum absolute atomic E-state index is 0.0359. The van der Waals surface area contributed by atoms with Crippen LogP contribution in [0.5, 0.6) is 0 Å². The molecule has 0 spiro atoms. The van der Waals surface area contributed by atoms with Crippen LogP contribution in [0.2, 0.25) is 0 Å². The summed E-state index contributed by atoms with van der Waals surface area (Å²) in [5.41, 5.74) is 9.17. The molecule has 0 saturated heterocycles. The van der Waals surface area contributed by atoms with Crippen molar-refractivity contribution < 1.29 is 9.59 Å². The van der Waals surface area contributed by atoms with E-state index in [9.17, 15) is 9.59 Å². The van der Waals surface area contributed by atoms with Crippen LogP contribution in [0.25, 0.3) is 0 Å². The van der Waals surface area contributed by atoms with Crippen LogP contribution in [0, 0.1) is 6.92 Å². The zero-order valence-electron chi connectivity index (χ0n) is 14.1. The fourth-order valence-corrected chi connectivity index (χ4v) is 3.16. The fraction of sp³-hybridized carbons (Fsp3) is 0.333. The molecule has 0 aliphatic carbocycles. The number of nitrogens with two attached hydrogens (primary N) is 1. The number of aromatic nitrogens is 2. The number of benzene rings is 1. The first kappa shape index (κ1) is 16.9. The summed E-state index contributed by atoms with van der Waals surface area (Å²) in [6, 6.07) is 6.57. The standard InChI is InChI=1S/C18H21N5O2/c1-12-4-2-3-5-14(12)15(22-18(19)25)8-17(24)23-7-6-13-9-20-11-21-16(13)10-23/h2-5,9,11,15H,6-8,10H2,1H3,(H3,19,22,25)/t15-/m0/s1. The molecule has 0 radical (unpaired) electrons. The molecule has 3 rings (SSSR count). The van der Waals surface area contributed by atoms with Crippen LogP contribution < -0.4 is 11.1 Å². The molecule has 7 heteroatoms. The third-order valence-corrected chi connectivity index (χ3v) is 4.48. The number of nitrogens with one attached hydrogen (secondary N) is 1. The Kier molecular flexibility index (Phi) is 4.92. The molecular formula is C18H21N5O2. The molecule has 0 fully saturated rings. The second-order valence-electron chi connectivity index (χ2n) is 6.18. The van der Waals surface area contributed by atoms with E-state index in [1.807, 2.05) is 31.2 Å². The summed E-state index contributed by atoms with van der Waals surface area (Å²) >= 11 is 0. The van der Waals surface area contributed by atoms with E-state index in [0.29, 0.717) is 13.1 Å². The molecule has 1 aliphatic rings. The first-order chi connectivity index (χ1) is 12.0. The molecular weight excluding hydrogens is 318 g/mol. The number of aryl methyl sites for hydroxylation is 1. The quantitative estimate of drug-likeness (QED) is 0.880. The Morgan fingerprint density at radius 3 is 2.92 bits per heavy atom. The van der Waals surface area contributed by atoms with Crippen LogP contribution in [-0.2, 0) is 17.8 Å². The Labute approximate surface area is 146 Å².